The standard InChI is InChI=1S/C12H12O4/c1-2-5-16-12(15)10-8-4-3-7(6-8)9(10)11(13)14/h1,3-4,7-10H,5-6H2,(H,13,14)/t7-,8-,9+,10+/m0/s1. The molecule has 0 aromatic heterocycles. The Morgan fingerprint density at radius 3 is 2.56 bits per heavy atom. The van der Waals surface area contributed by atoms with Gasteiger partial charge in [-0.3, -0.25) is 9.59 Å². The smallest absolute Gasteiger partial charge is 0.311 e. The molecule has 1 saturated carbocycles. The third-order valence-electron chi connectivity index (χ3n) is 3.31. The van der Waals surface area contributed by atoms with Crippen LogP contribution in [0, 0.1) is 36.0 Å². The van der Waals surface area contributed by atoms with Gasteiger partial charge in [-0.25, -0.2) is 0 Å². The van der Waals surface area contributed by atoms with E-state index in [-0.39, 0.29) is 18.4 Å². The van der Waals surface area contributed by atoms with Crippen molar-refractivity contribution < 1.29 is 19.4 Å². The molecule has 0 saturated heterocycles. The average molecular weight is 220 g/mol. The summed E-state index contributed by atoms with van der Waals surface area (Å²) in [6.07, 6.45) is 9.51. The fourth-order valence-electron chi connectivity index (χ4n) is 2.69. The van der Waals surface area contributed by atoms with Gasteiger partial charge in [0.2, 0.25) is 0 Å². The lowest BCUT2D eigenvalue weighted by molar-refractivity contribution is -0.157. The van der Waals surface area contributed by atoms with Crippen molar-refractivity contribution in [3.8, 4) is 12.3 Å². The maximum atomic E-state index is 11.7. The van der Waals surface area contributed by atoms with Crippen molar-refractivity contribution >= 4 is 11.9 Å². The molecule has 2 rings (SSSR count). The van der Waals surface area contributed by atoms with E-state index in [0.717, 1.165) is 6.42 Å². The Balaban J connectivity index is 2.14. The molecule has 16 heavy (non-hydrogen) atoms. The third kappa shape index (κ3) is 1.58. The van der Waals surface area contributed by atoms with E-state index in [9.17, 15) is 9.59 Å². The number of aliphatic carboxylic acids is 1. The van der Waals surface area contributed by atoms with Crippen molar-refractivity contribution in [2.24, 2.45) is 23.7 Å². The second kappa shape index (κ2) is 4.01. The van der Waals surface area contributed by atoms with Gasteiger partial charge in [-0.15, -0.1) is 6.42 Å². The molecule has 0 radical (unpaired) electrons. The first-order valence-electron chi connectivity index (χ1n) is 5.16. The van der Waals surface area contributed by atoms with E-state index in [4.69, 9.17) is 16.3 Å². The van der Waals surface area contributed by atoms with E-state index >= 15 is 0 Å². The summed E-state index contributed by atoms with van der Waals surface area (Å²) in [5, 5.41) is 9.10. The van der Waals surface area contributed by atoms with Crippen LogP contribution in [0.3, 0.4) is 0 Å². The summed E-state index contributed by atoms with van der Waals surface area (Å²) in [5.41, 5.74) is 0. The lowest BCUT2D eigenvalue weighted by Crippen LogP contribution is -2.34. The molecule has 84 valence electrons. The summed E-state index contributed by atoms with van der Waals surface area (Å²) in [6, 6.07) is 0. The molecule has 0 heterocycles. The molecule has 1 N–H and O–H groups in total. The molecular weight excluding hydrogens is 208 g/mol. The van der Waals surface area contributed by atoms with Crippen molar-refractivity contribution in [2.45, 2.75) is 6.42 Å². The van der Waals surface area contributed by atoms with Crippen LogP contribution in [0.5, 0.6) is 0 Å². The number of terminal acetylenes is 1. The van der Waals surface area contributed by atoms with Crippen molar-refractivity contribution in [1.82, 2.24) is 0 Å². The number of carboxylic acids is 1. The minimum atomic E-state index is -0.931. The monoisotopic (exact) mass is 220 g/mol. The summed E-state index contributed by atoms with van der Waals surface area (Å²) in [4.78, 5) is 22.8. The molecule has 4 nitrogen and oxygen atoms in total. The highest BCUT2D eigenvalue weighted by atomic mass is 16.5. The van der Waals surface area contributed by atoms with Gasteiger partial charge in [0.1, 0.15) is 0 Å². The summed E-state index contributed by atoms with van der Waals surface area (Å²) < 4.78 is 4.84. The molecule has 4 atom stereocenters. The normalized spacial score (nSPS) is 34.7. The topological polar surface area (TPSA) is 63.6 Å². The largest absolute Gasteiger partial charge is 0.481 e. The van der Waals surface area contributed by atoms with E-state index < -0.39 is 23.8 Å². The van der Waals surface area contributed by atoms with E-state index in [2.05, 4.69) is 5.92 Å². The van der Waals surface area contributed by atoms with E-state index in [1.54, 1.807) is 0 Å². The molecule has 0 aliphatic heterocycles. The Morgan fingerprint density at radius 1 is 1.38 bits per heavy atom. The average Bonchev–Trinajstić information content (AvgIpc) is 2.84. The number of fused-ring (bicyclic) bond motifs is 2. The third-order valence-corrected chi connectivity index (χ3v) is 3.31. The quantitative estimate of drug-likeness (QED) is 0.431. The van der Waals surface area contributed by atoms with Crippen molar-refractivity contribution in [3.05, 3.63) is 12.2 Å². The molecular formula is C12H12O4. The molecule has 4 heteroatoms. The van der Waals surface area contributed by atoms with Crippen LogP contribution in [0.25, 0.3) is 0 Å². The fourth-order valence-corrected chi connectivity index (χ4v) is 2.69. The van der Waals surface area contributed by atoms with E-state index in [1.165, 1.54) is 0 Å². The first-order valence-corrected chi connectivity index (χ1v) is 5.16. The van der Waals surface area contributed by atoms with Crippen LogP contribution < -0.4 is 0 Å². The fraction of sp³-hybridized carbons (Fsp3) is 0.500. The van der Waals surface area contributed by atoms with Gasteiger partial charge in [0, 0.05) is 0 Å². The molecule has 0 aromatic rings. The van der Waals surface area contributed by atoms with Crippen LogP contribution in [0.1, 0.15) is 6.42 Å². The van der Waals surface area contributed by atoms with Crippen LogP contribution in [0.2, 0.25) is 0 Å². The number of carbonyl (C=O) groups excluding carboxylic acids is 1. The van der Waals surface area contributed by atoms with Gasteiger partial charge in [0.25, 0.3) is 0 Å². The second-order valence-corrected chi connectivity index (χ2v) is 4.15. The van der Waals surface area contributed by atoms with Gasteiger partial charge < -0.3 is 9.84 Å². The molecule has 0 unspecified atom stereocenters. The Morgan fingerprint density at radius 2 is 2.00 bits per heavy atom. The Labute approximate surface area is 93.3 Å². The lowest BCUT2D eigenvalue weighted by atomic mass is 9.83. The minimum absolute atomic E-state index is 0.00336. The predicted octanol–water partition coefficient (Wildman–Crippen LogP) is 0.686. The van der Waals surface area contributed by atoms with Gasteiger partial charge in [-0.05, 0) is 18.3 Å². The van der Waals surface area contributed by atoms with Crippen molar-refractivity contribution in [1.29, 1.82) is 0 Å². The zero-order valence-corrected chi connectivity index (χ0v) is 8.63. The molecule has 0 amide bonds. The summed E-state index contributed by atoms with van der Waals surface area (Å²) in [5.74, 6) is -0.474. The molecule has 0 aromatic carbocycles. The van der Waals surface area contributed by atoms with Crippen LogP contribution >= 0.6 is 0 Å². The van der Waals surface area contributed by atoms with Crippen LogP contribution in [-0.2, 0) is 14.3 Å². The van der Waals surface area contributed by atoms with Gasteiger partial charge in [-0.2, -0.15) is 0 Å². The zero-order chi connectivity index (χ0) is 11.7. The number of esters is 1. The highest BCUT2D eigenvalue weighted by Gasteiger charge is 2.52. The highest BCUT2D eigenvalue weighted by Crippen LogP contribution is 2.48. The van der Waals surface area contributed by atoms with E-state index in [0.29, 0.717) is 0 Å². The van der Waals surface area contributed by atoms with Gasteiger partial charge in [0.05, 0.1) is 11.8 Å². The van der Waals surface area contributed by atoms with Crippen LogP contribution in [0.4, 0.5) is 0 Å². The molecule has 2 bridgehead atoms. The number of carbonyl (C=O) groups is 2. The lowest BCUT2D eigenvalue weighted by Gasteiger charge is -2.22. The SMILES string of the molecule is C#CCOC(=O)[C@H]1[C@H](C(=O)O)[C@H]2C=C[C@H]1C2. The minimum Gasteiger partial charge on any atom is -0.481 e. The number of carboxylic acid groups (broad SMARTS) is 1. The molecule has 2 aliphatic carbocycles. The summed E-state index contributed by atoms with van der Waals surface area (Å²) in [7, 11) is 0. The second-order valence-electron chi connectivity index (χ2n) is 4.15. The first-order chi connectivity index (χ1) is 7.65. The predicted molar refractivity (Wildman–Crippen MR) is 55.1 cm³/mol. The van der Waals surface area contributed by atoms with Crippen molar-refractivity contribution in [3.63, 3.8) is 0 Å². The van der Waals surface area contributed by atoms with Crippen LogP contribution in [-0.4, -0.2) is 23.7 Å². The molecule has 0 spiro atoms. The van der Waals surface area contributed by atoms with Crippen LogP contribution in [0.15, 0.2) is 12.2 Å². The van der Waals surface area contributed by atoms with Gasteiger partial charge in [-0.1, -0.05) is 18.1 Å². The number of ether oxygens (including phenoxy) is 1. The Bertz CT molecular complexity index is 390. The number of hydrogen-bond donors (Lipinski definition) is 1. The summed E-state index contributed by atoms with van der Waals surface area (Å²) >= 11 is 0. The summed E-state index contributed by atoms with van der Waals surface area (Å²) in [6.45, 7) is -0.0945. The number of hydrogen-bond acceptors (Lipinski definition) is 3. The Kier molecular flexibility index (Phi) is 2.69. The maximum absolute atomic E-state index is 11.7. The molecule has 1 fully saturated rings. The highest BCUT2D eigenvalue weighted by molar-refractivity contribution is 5.83. The maximum Gasteiger partial charge on any atom is 0.311 e. The number of allylic oxidation sites excluding steroid dienone is 2. The zero-order valence-electron chi connectivity index (χ0n) is 8.63. The van der Waals surface area contributed by atoms with Gasteiger partial charge in [0.15, 0.2) is 6.61 Å². The molecule has 2 aliphatic rings. The Hall–Kier alpha value is -1.76. The number of rotatable bonds is 3. The first kappa shape index (κ1) is 10.7. The van der Waals surface area contributed by atoms with Gasteiger partial charge >= 0.3 is 11.9 Å². The van der Waals surface area contributed by atoms with Crippen molar-refractivity contribution in [2.75, 3.05) is 6.61 Å². The van der Waals surface area contributed by atoms with E-state index in [1.807, 2.05) is 12.2 Å².